The average Bonchev–Trinajstić information content (AvgIpc) is 2.78. The standard InChI is InChI=1S/C13H17IN2O.ClH/c1-2-13(7-4-8-15-13)12(17)16-11-6-3-5-10(14)9-11;/h3,5-6,9,15H,2,4,7-8H2,1H3,(H,16,17);1H. The third kappa shape index (κ3) is 3.36. The van der Waals surface area contributed by atoms with Crippen LogP contribution in [0.5, 0.6) is 0 Å². The molecule has 3 nitrogen and oxygen atoms in total. The lowest BCUT2D eigenvalue weighted by Gasteiger charge is -2.26. The van der Waals surface area contributed by atoms with Gasteiger partial charge in [0.25, 0.3) is 0 Å². The SMILES string of the molecule is CCC1(C(=O)Nc2cccc(I)c2)CCCN1.Cl. The first kappa shape index (κ1) is 15.7. The number of hydrogen-bond acceptors (Lipinski definition) is 2. The molecule has 1 saturated heterocycles. The second kappa shape index (κ2) is 6.73. The summed E-state index contributed by atoms with van der Waals surface area (Å²) >= 11 is 2.25. The molecule has 0 spiro atoms. The zero-order valence-corrected chi connectivity index (χ0v) is 13.3. The summed E-state index contributed by atoms with van der Waals surface area (Å²) < 4.78 is 1.13. The van der Waals surface area contributed by atoms with E-state index in [4.69, 9.17) is 0 Å². The highest BCUT2D eigenvalue weighted by Gasteiger charge is 2.38. The molecule has 1 fully saturated rings. The van der Waals surface area contributed by atoms with Gasteiger partial charge in [-0.05, 0) is 66.6 Å². The summed E-state index contributed by atoms with van der Waals surface area (Å²) in [6.07, 6.45) is 2.84. The third-order valence-corrected chi connectivity index (χ3v) is 4.04. The van der Waals surface area contributed by atoms with Crippen molar-refractivity contribution in [1.29, 1.82) is 0 Å². The fraction of sp³-hybridized carbons (Fsp3) is 0.462. The van der Waals surface area contributed by atoms with Crippen LogP contribution in [0.1, 0.15) is 26.2 Å². The molecule has 1 aromatic rings. The number of nitrogens with one attached hydrogen (secondary N) is 2. The van der Waals surface area contributed by atoms with Crippen molar-refractivity contribution < 1.29 is 4.79 Å². The summed E-state index contributed by atoms with van der Waals surface area (Å²) in [6.45, 7) is 3.00. The van der Waals surface area contributed by atoms with E-state index in [0.717, 1.165) is 35.1 Å². The van der Waals surface area contributed by atoms with Gasteiger partial charge < -0.3 is 10.6 Å². The van der Waals surface area contributed by atoms with Crippen molar-refractivity contribution >= 4 is 46.6 Å². The number of anilines is 1. The maximum atomic E-state index is 12.3. The van der Waals surface area contributed by atoms with Crippen molar-refractivity contribution in [1.82, 2.24) is 5.32 Å². The molecule has 100 valence electrons. The molecule has 1 atom stereocenters. The lowest BCUT2D eigenvalue weighted by molar-refractivity contribution is -0.122. The highest BCUT2D eigenvalue weighted by atomic mass is 127. The van der Waals surface area contributed by atoms with Crippen LogP contribution >= 0.6 is 35.0 Å². The monoisotopic (exact) mass is 380 g/mol. The molecule has 1 aromatic carbocycles. The van der Waals surface area contributed by atoms with Gasteiger partial charge in [0.1, 0.15) is 0 Å². The van der Waals surface area contributed by atoms with Gasteiger partial charge in [0.05, 0.1) is 5.54 Å². The molecule has 2 N–H and O–H groups in total. The van der Waals surface area contributed by atoms with Gasteiger partial charge in [0.2, 0.25) is 5.91 Å². The second-order valence-electron chi connectivity index (χ2n) is 4.43. The van der Waals surface area contributed by atoms with Crippen molar-refractivity contribution in [2.24, 2.45) is 0 Å². The smallest absolute Gasteiger partial charge is 0.244 e. The van der Waals surface area contributed by atoms with E-state index in [0.29, 0.717) is 0 Å². The first-order valence-electron chi connectivity index (χ1n) is 5.98. The Morgan fingerprint density at radius 2 is 2.33 bits per heavy atom. The Balaban J connectivity index is 0.00000162. The summed E-state index contributed by atoms with van der Waals surface area (Å²) in [5.41, 5.74) is 0.518. The van der Waals surface area contributed by atoms with Crippen molar-refractivity contribution in [2.75, 3.05) is 11.9 Å². The first-order chi connectivity index (χ1) is 8.16. The highest BCUT2D eigenvalue weighted by molar-refractivity contribution is 14.1. The molecule has 0 aromatic heterocycles. The quantitative estimate of drug-likeness (QED) is 0.791. The zero-order chi connectivity index (χ0) is 12.3. The maximum absolute atomic E-state index is 12.3. The summed E-state index contributed by atoms with van der Waals surface area (Å²) in [4.78, 5) is 12.3. The predicted octanol–water partition coefficient (Wildman–Crippen LogP) is 3.18. The normalized spacial score (nSPS) is 22.3. The van der Waals surface area contributed by atoms with Crippen LogP contribution in [0.3, 0.4) is 0 Å². The number of carbonyl (C=O) groups excluding carboxylic acids is 1. The molecule has 1 unspecified atom stereocenters. The molecular formula is C13H18ClIN2O. The number of amides is 1. The van der Waals surface area contributed by atoms with Gasteiger partial charge in [-0.3, -0.25) is 4.79 Å². The van der Waals surface area contributed by atoms with E-state index in [1.165, 1.54) is 0 Å². The van der Waals surface area contributed by atoms with Crippen LogP contribution in [0.25, 0.3) is 0 Å². The molecule has 2 rings (SSSR count). The van der Waals surface area contributed by atoms with Crippen LogP contribution in [-0.4, -0.2) is 18.0 Å². The molecular weight excluding hydrogens is 363 g/mol. The molecule has 1 aliphatic rings. The van der Waals surface area contributed by atoms with Gasteiger partial charge in [0.15, 0.2) is 0 Å². The lowest BCUT2D eigenvalue weighted by Crippen LogP contribution is -2.50. The van der Waals surface area contributed by atoms with E-state index in [1.807, 2.05) is 24.3 Å². The van der Waals surface area contributed by atoms with E-state index in [1.54, 1.807) is 0 Å². The molecule has 0 saturated carbocycles. The molecule has 1 amide bonds. The summed E-state index contributed by atoms with van der Waals surface area (Å²) in [5.74, 6) is 0.0968. The number of carbonyl (C=O) groups is 1. The van der Waals surface area contributed by atoms with Gasteiger partial charge in [-0.1, -0.05) is 13.0 Å². The largest absolute Gasteiger partial charge is 0.324 e. The minimum Gasteiger partial charge on any atom is -0.324 e. The van der Waals surface area contributed by atoms with Crippen LogP contribution in [-0.2, 0) is 4.79 Å². The molecule has 0 aliphatic carbocycles. The summed E-state index contributed by atoms with van der Waals surface area (Å²) in [5, 5.41) is 6.35. The van der Waals surface area contributed by atoms with E-state index in [9.17, 15) is 4.79 Å². The molecule has 1 heterocycles. The third-order valence-electron chi connectivity index (χ3n) is 3.36. The fourth-order valence-electron chi connectivity index (χ4n) is 2.28. The maximum Gasteiger partial charge on any atom is 0.244 e. The van der Waals surface area contributed by atoms with E-state index < -0.39 is 0 Å². The fourth-order valence-corrected chi connectivity index (χ4v) is 2.82. The predicted molar refractivity (Wildman–Crippen MR) is 85.3 cm³/mol. The van der Waals surface area contributed by atoms with Crippen LogP contribution in [0, 0.1) is 3.57 Å². The van der Waals surface area contributed by atoms with Crippen LogP contribution in [0.2, 0.25) is 0 Å². The van der Waals surface area contributed by atoms with Crippen molar-refractivity contribution in [3.8, 4) is 0 Å². The topological polar surface area (TPSA) is 41.1 Å². The average molecular weight is 381 g/mol. The zero-order valence-electron chi connectivity index (χ0n) is 10.3. The first-order valence-corrected chi connectivity index (χ1v) is 7.06. The van der Waals surface area contributed by atoms with Crippen molar-refractivity contribution in [2.45, 2.75) is 31.7 Å². The Kier molecular flexibility index (Phi) is 5.88. The van der Waals surface area contributed by atoms with E-state index >= 15 is 0 Å². The molecule has 0 radical (unpaired) electrons. The van der Waals surface area contributed by atoms with Crippen LogP contribution in [0.4, 0.5) is 5.69 Å². The molecule has 0 bridgehead atoms. The number of halogens is 2. The van der Waals surface area contributed by atoms with E-state index in [-0.39, 0.29) is 23.9 Å². The van der Waals surface area contributed by atoms with Gasteiger partial charge in [-0.25, -0.2) is 0 Å². The van der Waals surface area contributed by atoms with Crippen LogP contribution < -0.4 is 10.6 Å². The van der Waals surface area contributed by atoms with Crippen LogP contribution in [0.15, 0.2) is 24.3 Å². The van der Waals surface area contributed by atoms with Gasteiger partial charge >= 0.3 is 0 Å². The number of hydrogen-bond donors (Lipinski definition) is 2. The number of rotatable bonds is 3. The van der Waals surface area contributed by atoms with E-state index in [2.05, 4.69) is 40.1 Å². The molecule has 5 heteroatoms. The Hall–Kier alpha value is -0.330. The molecule has 18 heavy (non-hydrogen) atoms. The lowest BCUT2D eigenvalue weighted by atomic mass is 9.93. The minimum absolute atomic E-state index is 0. The Morgan fingerprint density at radius 3 is 2.89 bits per heavy atom. The van der Waals surface area contributed by atoms with Gasteiger partial charge in [0, 0.05) is 9.26 Å². The van der Waals surface area contributed by atoms with Gasteiger partial charge in [-0.2, -0.15) is 0 Å². The summed E-state index contributed by atoms with van der Waals surface area (Å²) in [6, 6.07) is 7.88. The number of benzene rings is 1. The second-order valence-corrected chi connectivity index (χ2v) is 5.68. The summed E-state index contributed by atoms with van der Waals surface area (Å²) in [7, 11) is 0. The van der Waals surface area contributed by atoms with Crippen molar-refractivity contribution in [3.05, 3.63) is 27.8 Å². The molecule has 1 aliphatic heterocycles. The Bertz CT molecular complexity index is 419. The van der Waals surface area contributed by atoms with Gasteiger partial charge in [-0.15, -0.1) is 12.4 Å². The Morgan fingerprint density at radius 1 is 1.56 bits per heavy atom. The highest BCUT2D eigenvalue weighted by Crippen LogP contribution is 2.25. The minimum atomic E-state index is -0.360. The Labute approximate surface area is 128 Å². The van der Waals surface area contributed by atoms with Crippen molar-refractivity contribution in [3.63, 3.8) is 0 Å².